The highest BCUT2D eigenvalue weighted by Crippen LogP contribution is 2.49. The number of carbonyl (C=O) groups is 1. The quantitative estimate of drug-likeness (QED) is 0.605. The number of benzene rings is 2. The van der Waals surface area contributed by atoms with Gasteiger partial charge in [0.25, 0.3) is 5.91 Å². The molecule has 0 fully saturated rings. The third kappa shape index (κ3) is 3.37. The third-order valence-electron chi connectivity index (χ3n) is 6.18. The van der Waals surface area contributed by atoms with Crippen molar-refractivity contribution in [2.24, 2.45) is 0 Å². The second-order valence-corrected chi connectivity index (χ2v) is 9.91. The molecule has 2 aliphatic heterocycles. The van der Waals surface area contributed by atoms with Gasteiger partial charge in [0.15, 0.2) is 11.4 Å². The van der Waals surface area contributed by atoms with Gasteiger partial charge in [-0.05, 0) is 41.1 Å². The van der Waals surface area contributed by atoms with E-state index in [1.54, 1.807) is 9.58 Å². The maximum atomic E-state index is 13.3. The van der Waals surface area contributed by atoms with Crippen LogP contribution in [0, 0.1) is 0 Å². The molecule has 0 bridgehead atoms. The molecule has 3 heterocycles. The molecule has 162 valence electrons. The number of pyridine rings is 1. The molecule has 0 spiro atoms. The summed E-state index contributed by atoms with van der Waals surface area (Å²) in [6.07, 6.45) is 1.54. The molecule has 2 aromatic carbocycles. The molecule has 0 aliphatic carbocycles. The van der Waals surface area contributed by atoms with Crippen molar-refractivity contribution < 1.29 is 9.90 Å². The van der Waals surface area contributed by atoms with E-state index in [0.717, 1.165) is 21.6 Å². The normalized spacial score (nSPS) is 19.0. The Kier molecular flexibility index (Phi) is 5.12. The second kappa shape index (κ2) is 7.76. The lowest BCUT2D eigenvalue weighted by molar-refractivity contribution is 0.0621. The van der Waals surface area contributed by atoms with Crippen LogP contribution in [-0.4, -0.2) is 49.0 Å². The summed E-state index contributed by atoms with van der Waals surface area (Å²) in [5.74, 6) is -0.956. The number of aromatic hydroxyl groups is 1. The SMILES string of the molecule is [B]C1([B])Sc2ccccc2C(N2CN(C(C)C)C(=O)c3c(O)c(=O)ccn32)c2ccccc21. The van der Waals surface area contributed by atoms with E-state index in [1.165, 1.54) is 24.0 Å². The monoisotopic (exact) mass is 453 g/mol. The predicted molar refractivity (Wildman–Crippen MR) is 131 cm³/mol. The van der Waals surface area contributed by atoms with E-state index in [2.05, 4.69) is 0 Å². The van der Waals surface area contributed by atoms with Crippen LogP contribution >= 0.6 is 11.8 Å². The number of hydrogen-bond donors (Lipinski definition) is 1. The molecule has 1 atom stereocenters. The zero-order valence-corrected chi connectivity index (χ0v) is 19.1. The van der Waals surface area contributed by atoms with E-state index in [4.69, 9.17) is 15.7 Å². The highest BCUT2D eigenvalue weighted by Gasteiger charge is 2.41. The Morgan fingerprint density at radius 1 is 1.03 bits per heavy atom. The van der Waals surface area contributed by atoms with E-state index in [-0.39, 0.29) is 24.4 Å². The largest absolute Gasteiger partial charge is 0.502 e. The van der Waals surface area contributed by atoms with Gasteiger partial charge in [-0.2, -0.15) is 0 Å². The Labute approximate surface area is 199 Å². The molecular weight excluding hydrogens is 432 g/mol. The van der Waals surface area contributed by atoms with Gasteiger partial charge in [-0.1, -0.05) is 42.5 Å². The van der Waals surface area contributed by atoms with Crippen LogP contribution < -0.4 is 10.4 Å². The average molecular weight is 453 g/mol. The summed E-state index contributed by atoms with van der Waals surface area (Å²) < 4.78 is 0.417. The van der Waals surface area contributed by atoms with E-state index in [1.807, 2.05) is 67.4 Å². The summed E-state index contributed by atoms with van der Waals surface area (Å²) in [6, 6.07) is 16.3. The van der Waals surface area contributed by atoms with Gasteiger partial charge in [0.2, 0.25) is 5.43 Å². The van der Waals surface area contributed by atoms with Gasteiger partial charge in [-0.15, -0.1) is 11.8 Å². The summed E-state index contributed by atoms with van der Waals surface area (Å²) in [7, 11) is 13.2. The molecule has 1 unspecified atom stereocenters. The number of thioether (sulfide) groups is 1. The molecular formula is C24H21B2N3O3S. The Morgan fingerprint density at radius 3 is 2.42 bits per heavy atom. The van der Waals surface area contributed by atoms with Crippen LogP contribution in [0.5, 0.6) is 5.75 Å². The first-order chi connectivity index (χ1) is 15.7. The molecule has 0 saturated carbocycles. The first kappa shape index (κ1) is 21.8. The van der Waals surface area contributed by atoms with Gasteiger partial charge in [0, 0.05) is 23.2 Å². The lowest BCUT2D eigenvalue weighted by Gasteiger charge is -2.45. The Hall–Kier alpha value is -3.06. The minimum Gasteiger partial charge on any atom is -0.502 e. The molecule has 2 aliphatic rings. The van der Waals surface area contributed by atoms with E-state index in [9.17, 15) is 14.7 Å². The minimum absolute atomic E-state index is 0.0546. The van der Waals surface area contributed by atoms with Crippen LogP contribution in [0.25, 0.3) is 0 Å². The summed E-state index contributed by atoms with van der Waals surface area (Å²) in [6.45, 7) is 4.05. The standard InChI is InChI=1S/C24H21B2N3O3S/c1-14(2)27-13-29(28-12-11-18(30)22(31)21(28)23(27)32)20-15-7-3-5-9-17(15)24(25,26)33-19-10-6-4-8-16(19)20/h3-12,14,20,31H,13H2,1-2H3. The third-order valence-corrected chi connectivity index (χ3v) is 7.33. The van der Waals surface area contributed by atoms with Crippen LogP contribution in [0.4, 0.5) is 0 Å². The molecule has 6 nitrogen and oxygen atoms in total. The van der Waals surface area contributed by atoms with Gasteiger partial charge in [-0.25, -0.2) is 0 Å². The fourth-order valence-corrected chi connectivity index (χ4v) is 5.68. The van der Waals surface area contributed by atoms with Gasteiger partial charge in [0.1, 0.15) is 6.67 Å². The fourth-order valence-electron chi connectivity index (χ4n) is 4.57. The molecule has 33 heavy (non-hydrogen) atoms. The van der Waals surface area contributed by atoms with E-state index >= 15 is 0 Å². The second-order valence-electron chi connectivity index (χ2n) is 8.59. The summed E-state index contributed by atoms with van der Waals surface area (Å²) in [5.41, 5.74) is 1.98. The van der Waals surface area contributed by atoms with Crippen molar-refractivity contribution in [3.05, 3.63) is 93.4 Å². The highest BCUT2D eigenvalue weighted by atomic mass is 32.2. The zero-order valence-electron chi connectivity index (χ0n) is 18.3. The Morgan fingerprint density at radius 2 is 1.70 bits per heavy atom. The summed E-state index contributed by atoms with van der Waals surface area (Å²) >= 11 is 1.38. The van der Waals surface area contributed by atoms with Crippen molar-refractivity contribution in [2.45, 2.75) is 35.4 Å². The van der Waals surface area contributed by atoms with Gasteiger partial charge < -0.3 is 10.0 Å². The Balaban J connectivity index is 1.82. The zero-order chi connectivity index (χ0) is 23.5. The number of nitrogens with zero attached hydrogens (tertiary/aromatic N) is 3. The highest BCUT2D eigenvalue weighted by molar-refractivity contribution is 8.02. The molecule has 3 aromatic rings. The van der Waals surface area contributed by atoms with Crippen molar-refractivity contribution >= 4 is 33.4 Å². The lowest BCUT2D eigenvalue weighted by atomic mass is 9.63. The first-order valence-corrected chi connectivity index (χ1v) is 11.5. The smallest absolute Gasteiger partial charge is 0.278 e. The van der Waals surface area contributed by atoms with E-state index in [0.29, 0.717) is 0 Å². The number of amides is 1. The molecule has 5 rings (SSSR count). The first-order valence-electron chi connectivity index (χ1n) is 10.7. The number of fused-ring (bicyclic) bond motifs is 3. The van der Waals surface area contributed by atoms with Crippen LogP contribution in [0.3, 0.4) is 0 Å². The van der Waals surface area contributed by atoms with Crippen LogP contribution in [0.2, 0.25) is 0 Å². The fraction of sp³-hybridized carbons (Fsp3) is 0.250. The predicted octanol–water partition coefficient (Wildman–Crippen LogP) is 2.66. The minimum atomic E-state index is -1.17. The topological polar surface area (TPSA) is 65.8 Å². The maximum absolute atomic E-state index is 13.3. The van der Waals surface area contributed by atoms with Crippen molar-refractivity contribution in [1.82, 2.24) is 9.58 Å². The van der Waals surface area contributed by atoms with Crippen LogP contribution in [-0.2, 0) is 4.55 Å². The molecule has 0 saturated heterocycles. The van der Waals surface area contributed by atoms with Crippen molar-refractivity contribution in [2.75, 3.05) is 11.7 Å². The number of carbonyl (C=O) groups excluding carboxylic acids is 1. The van der Waals surface area contributed by atoms with Gasteiger partial charge in [-0.3, -0.25) is 19.3 Å². The Bertz CT molecular complexity index is 1320. The number of aromatic nitrogens is 1. The van der Waals surface area contributed by atoms with Gasteiger partial charge >= 0.3 is 0 Å². The van der Waals surface area contributed by atoms with Crippen molar-refractivity contribution in [3.63, 3.8) is 0 Å². The molecule has 1 aromatic heterocycles. The summed E-state index contributed by atoms with van der Waals surface area (Å²) in [5, 5.41) is 12.6. The summed E-state index contributed by atoms with van der Waals surface area (Å²) in [4.78, 5) is 28.1. The lowest BCUT2D eigenvalue weighted by Crippen LogP contribution is -2.57. The molecule has 9 heteroatoms. The molecule has 1 amide bonds. The van der Waals surface area contributed by atoms with Crippen molar-refractivity contribution in [1.29, 1.82) is 0 Å². The van der Waals surface area contributed by atoms with Gasteiger partial charge in [0.05, 0.1) is 21.7 Å². The average Bonchev–Trinajstić information content (AvgIpc) is 2.88. The van der Waals surface area contributed by atoms with Crippen LogP contribution in [0.15, 0.2) is 70.5 Å². The number of hydrogen-bond acceptors (Lipinski definition) is 5. The number of rotatable bonds is 2. The van der Waals surface area contributed by atoms with Crippen molar-refractivity contribution in [3.8, 4) is 5.75 Å². The molecule has 4 radical (unpaired) electrons. The van der Waals surface area contributed by atoms with Crippen LogP contribution in [0.1, 0.15) is 47.1 Å². The molecule has 1 N–H and O–H groups in total. The maximum Gasteiger partial charge on any atom is 0.278 e. The van der Waals surface area contributed by atoms with E-state index < -0.39 is 21.6 Å².